The molecule has 4 aromatic carbocycles. The number of fused-ring (bicyclic) bond motifs is 2. The summed E-state index contributed by atoms with van der Waals surface area (Å²) >= 11 is 11.6. The molecule has 5 aromatic rings. The number of hydrogen-bond donors (Lipinski definition) is 1. The van der Waals surface area contributed by atoms with Gasteiger partial charge in [-0.1, -0.05) is 26.0 Å². The number of hydrogen-bond acceptors (Lipinski definition) is 2. The summed E-state index contributed by atoms with van der Waals surface area (Å²) in [4.78, 5) is 4.11. The number of aromatic hydroxyl groups is 1. The van der Waals surface area contributed by atoms with Gasteiger partial charge in [-0.25, -0.2) is 8.78 Å². The van der Waals surface area contributed by atoms with Crippen LogP contribution in [-0.4, -0.2) is 9.51 Å². The maximum absolute atomic E-state index is 14.5. The second-order valence-electron chi connectivity index (χ2n) is 13.8. The Hall–Kier alpha value is -3.24. The second kappa shape index (κ2) is 17.5. The van der Waals surface area contributed by atoms with Crippen LogP contribution in [-0.2, 0) is 49.0 Å². The average Bonchev–Trinajstić information content (AvgIpc) is 3.50. The van der Waals surface area contributed by atoms with Gasteiger partial charge in [0.15, 0.2) is 11.6 Å². The molecule has 1 N–H and O–H groups in total. The van der Waals surface area contributed by atoms with E-state index in [0.717, 1.165) is 96.3 Å². The predicted molar refractivity (Wildman–Crippen MR) is 205 cm³/mol. The third-order valence-electron chi connectivity index (χ3n) is 9.54. The van der Waals surface area contributed by atoms with Gasteiger partial charge in [-0.15, -0.1) is 0 Å². The van der Waals surface area contributed by atoms with Crippen LogP contribution in [0.1, 0.15) is 84.3 Å². The fraction of sp³-hybridized carbons (Fsp3) is 0.326. The Morgan fingerprint density at radius 2 is 1.25 bits per heavy atom. The molecule has 1 heterocycles. The van der Waals surface area contributed by atoms with Crippen molar-refractivity contribution in [3.8, 4) is 16.9 Å². The van der Waals surface area contributed by atoms with Crippen molar-refractivity contribution in [2.75, 3.05) is 0 Å². The van der Waals surface area contributed by atoms with Crippen LogP contribution in [0.15, 0.2) is 76.3 Å². The van der Waals surface area contributed by atoms with Crippen molar-refractivity contribution in [2.24, 2.45) is 3.50 Å². The van der Waals surface area contributed by atoms with Crippen LogP contribution in [0, 0.1) is 32.4 Å². The van der Waals surface area contributed by atoms with Crippen LogP contribution >= 0.6 is 23.2 Å². The average molecular weight is 811 g/mol. The van der Waals surface area contributed by atoms with Gasteiger partial charge in [-0.3, -0.25) is 0 Å². The zero-order chi connectivity index (χ0) is 36.7. The summed E-state index contributed by atoms with van der Waals surface area (Å²) in [6, 6.07) is 23.0. The van der Waals surface area contributed by atoms with Gasteiger partial charge >= 0.3 is 138 Å². The van der Waals surface area contributed by atoms with Gasteiger partial charge in [0.2, 0.25) is 0 Å². The molecule has 1 aromatic heterocycles. The van der Waals surface area contributed by atoms with Gasteiger partial charge < -0.3 is 10.1 Å². The van der Waals surface area contributed by atoms with E-state index < -0.39 is 23.7 Å². The number of nitrogens with zero attached hydrogens (tertiary/aromatic N) is 2. The Bertz CT molecular complexity index is 1960. The van der Waals surface area contributed by atoms with E-state index in [-0.39, 0.29) is 17.0 Å². The van der Waals surface area contributed by atoms with E-state index in [1.165, 1.54) is 11.6 Å². The second-order valence-corrected chi connectivity index (χ2v) is 16.2. The molecule has 0 bridgehead atoms. The van der Waals surface area contributed by atoms with Gasteiger partial charge in [-0.05, 0) is 104 Å². The quantitative estimate of drug-likeness (QED) is 0.184. The fourth-order valence-corrected chi connectivity index (χ4v) is 9.37. The molecule has 0 fully saturated rings. The number of rotatable bonds is 4. The smallest absolute Gasteiger partial charge is 0.165 e. The number of benzene rings is 4. The minimum absolute atomic E-state index is 0.0146. The minimum atomic E-state index is -0.662. The number of phenolic OH excluding ortho intramolecular Hbond substituents is 1. The van der Waals surface area contributed by atoms with E-state index in [2.05, 4.69) is 51.0 Å². The maximum atomic E-state index is 14.5. The Kier molecular flexibility index (Phi) is 13.4. The predicted octanol–water partition coefficient (Wildman–Crippen LogP) is 12.3. The molecule has 0 aliphatic heterocycles. The third-order valence-corrected chi connectivity index (χ3v) is 12.6. The zero-order valence-corrected chi connectivity index (χ0v) is 33.4. The molecule has 268 valence electrons. The first-order chi connectivity index (χ1) is 24.4. The van der Waals surface area contributed by atoms with Crippen molar-refractivity contribution in [3.05, 3.63) is 139 Å². The van der Waals surface area contributed by atoms with Gasteiger partial charge in [0.05, 0.1) is 0 Å². The topological polar surface area (TPSA) is 46.7 Å². The first kappa shape index (κ1) is 39.0. The van der Waals surface area contributed by atoms with Gasteiger partial charge in [0.25, 0.3) is 0 Å². The van der Waals surface area contributed by atoms with E-state index in [1.54, 1.807) is 13.0 Å². The van der Waals surface area contributed by atoms with Crippen LogP contribution in [0.3, 0.4) is 0 Å². The van der Waals surface area contributed by atoms with Crippen molar-refractivity contribution in [3.63, 3.8) is 0 Å². The summed E-state index contributed by atoms with van der Waals surface area (Å²) in [5, 5.41) is 11.8. The Morgan fingerprint density at radius 3 is 1.80 bits per heavy atom. The monoisotopic (exact) mass is 811 g/mol. The molecular formula is C43H45Cl2F2MoN2O-. The van der Waals surface area contributed by atoms with Crippen molar-refractivity contribution < 1.29 is 31.8 Å². The fourth-order valence-electron chi connectivity index (χ4n) is 6.76. The molecule has 0 saturated carbocycles. The van der Waals surface area contributed by atoms with Crippen LogP contribution in [0.4, 0.5) is 14.5 Å². The van der Waals surface area contributed by atoms with E-state index in [0.29, 0.717) is 21.2 Å². The van der Waals surface area contributed by atoms with Crippen LogP contribution in [0.2, 0.25) is 10.0 Å². The van der Waals surface area contributed by atoms with Gasteiger partial charge in [0.1, 0.15) is 5.82 Å². The third kappa shape index (κ3) is 9.60. The maximum Gasteiger partial charge on any atom is 0.165 e. The van der Waals surface area contributed by atoms with Crippen molar-refractivity contribution in [1.82, 2.24) is 4.98 Å². The standard InChI is InChI=1S/C21H22F2O.C10H12.C6H3Cl2N.C6H8N.Mo/c1-12-17(22)10-13-6-2-4-8-15(13)19(12)20-16-9-5-3-7-14(16)11-18(23)21(20)24;1-10(2,3)9-7-5-4-6-8-9;7-4-2-1-3-5(8)6(4)9;1-5-3-4-6(2)7-5;/h10-11,24H,2-9H2,1H3;1,4-8H,2-3H3;1-3H;3-4H,1-2H3;/q;;;-1;. The molecule has 0 spiro atoms. The van der Waals surface area contributed by atoms with E-state index in [1.807, 2.05) is 50.2 Å². The first-order valence-electron chi connectivity index (χ1n) is 17.5. The molecule has 0 atom stereocenters. The molecule has 8 heteroatoms. The molecule has 2 aliphatic rings. The van der Waals surface area contributed by atoms with Gasteiger partial charge in [0, 0.05) is 5.56 Å². The van der Waals surface area contributed by atoms with Gasteiger partial charge in [-0.2, -0.15) is 11.4 Å². The van der Waals surface area contributed by atoms with E-state index >= 15 is 0 Å². The first-order valence-corrected chi connectivity index (χ1v) is 20.3. The Morgan fingerprint density at radius 1 is 0.725 bits per heavy atom. The molecular weight excluding hydrogens is 765 g/mol. The number of halogens is 4. The summed E-state index contributed by atoms with van der Waals surface area (Å²) in [6.45, 7) is 10.1. The summed E-state index contributed by atoms with van der Waals surface area (Å²) in [5.41, 5.74) is 10.2. The molecule has 0 saturated heterocycles. The van der Waals surface area contributed by atoms with E-state index in [4.69, 9.17) is 23.2 Å². The van der Waals surface area contributed by atoms with E-state index in [9.17, 15) is 13.9 Å². The Balaban J connectivity index is 0.000000168. The molecule has 0 amide bonds. The van der Waals surface area contributed by atoms with Crippen molar-refractivity contribution >= 4 is 33.3 Å². The van der Waals surface area contributed by atoms with Crippen molar-refractivity contribution in [2.45, 2.75) is 91.4 Å². The summed E-state index contributed by atoms with van der Waals surface area (Å²) in [6.07, 6.45) is 7.57. The van der Waals surface area contributed by atoms with Crippen LogP contribution < -0.4 is 4.98 Å². The van der Waals surface area contributed by atoms with Crippen LogP contribution in [0.5, 0.6) is 5.75 Å². The molecule has 2 aliphatic carbocycles. The minimum Gasteiger partial charge on any atom is -0.665 e. The molecule has 51 heavy (non-hydrogen) atoms. The number of aromatic nitrogens is 1. The van der Waals surface area contributed by atoms with Crippen LogP contribution in [0.25, 0.3) is 11.1 Å². The van der Waals surface area contributed by atoms with Crippen molar-refractivity contribution in [1.29, 1.82) is 0 Å². The molecule has 0 radical (unpaired) electrons. The summed E-state index contributed by atoms with van der Waals surface area (Å²) in [5.74, 6) is -1.14. The molecule has 3 nitrogen and oxygen atoms in total. The number of phenols is 1. The summed E-state index contributed by atoms with van der Waals surface area (Å²) < 4.78 is 35.8. The normalized spacial score (nSPS) is 13.4. The number of aryl methyl sites for hydroxylation is 4. The zero-order valence-electron chi connectivity index (χ0n) is 29.9. The molecule has 0 unspecified atom stereocenters. The molecule has 7 rings (SSSR count). The Labute approximate surface area is 319 Å². The SMILES string of the molecule is CC(C)([CH]=[Mo]=[N]c1c(Cl)cccc1Cl)c1ccccc1.Cc1c(F)cc2c(c1-c1c(O)c(F)cc3c1CCCC3)CCCC2.Cc1ccc(C)[n-]1. The largest absolute Gasteiger partial charge is 0.665 e. The summed E-state index contributed by atoms with van der Waals surface area (Å²) in [7, 11) is 0.